The van der Waals surface area contributed by atoms with Gasteiger partial charge in [0.1, 0.15) is 17.6 Å². The molecule has 0 saturated carbocycles. The number of pyridine rings is 2. The van der Waals surface area contributed by atoms with Gasteiger partial charge >= 0.3 is 11.7 Å². The molecule has 1 atom stereocenters. The van der Waals surface area contributed by atoms with E-state index in [1.54, 1.807) is 44.4 Å². The van der Waals surface area contributed by atoms with Crippen molar-refractivity contribution in [3.63, 3.8) is 0 Å². The molecule has 0 radical (unpaired) electrons. The van der Waals surface area contributed by atoms with Gasteiger partial charge in [0, 0.05) is 31.9 Å². The number of rotatable bonds is 6. The van der Waals surface area contributed by atoms with Crippen LogP contribution in [0.5, 0.6) is 0 Å². The molecule has 1 aliphatic heterocycles. The highest BCUT2D eigenvalue weighted by Gasteiger charge is 2.29. The fraction of sp³-hybridized carbons (Fsp3) is 0.241. The normalized spacial score (nSPS) is 15.4. The quantitative estimate of drug-likeness (QED) is 0.305. The fourth-order valence-electron chi connectivity index (χ4n) is 5.28. The molecule has 4 aromatic heterocycles. The van der Waals surface area contributed by atoms with Crippen LogP contribution in [-0.2, 0) is 18.3 Å². The second-order valence-corrected chi connectivity index (χ2v) is 9.71. The van der Waals surface area contributed by atoms with E-state index in [1.165, 1.54) is 7.11 Å². The minimum atomic E-state index is -0.394. The van der Waals surface area contributed by atoms with Crippen molar-refractivity contribution in [1.29, 1.82) is 5.26 Å². The molecular weight excluding hydrogens is 508 g/mol. The Hall–Kier alpha value is -5.08. The number of methoxy groups -OCH3 is 1. The molecule has 0 spiro atoms. The number of carbonyl (C=O) groups is 1. The van der Waals surface area contributed by atoms with Gasteiger partial charge in [0.2, 0.25) is 0 Å². The highest BCUT2D eigenvalue weighted by molar-refractivity contribution is 5.89. The van der Waals surface area contributed by atoms with Crippen LogP contribution in [0.1, 0.15) is 34.3 Å². The summed E-state index contributed by atoms with van der Waals surface area (Å²) in [7, 11) is 3.19. The summed E-state index contributed by atoms with van der Waals surface area (Å²) in [6.45, 7) is 2.07. The molecule has 1 saturated heterocycles. The molecule has 11 nitrogen and oxygen atoms in total. The number of likely N-dealkylation sites (tertiary alicyclic amines) is 1. The van der Waals surface area contributed by atoms with E-state index in [9.17, 15) is 14.9 Å². The third-order valence-corrected chi connectivity index (χ3v) is 7.42. The molecule has 40 heavy (non-hydrogen) atoms. The zero-order valence-corrected chi connectivity index (χ0v) is 22.1. The van der Waals surface area contributed by atoms with Crippen molar-refractivity contribution in [2.24, 2.45) is 7.05 Å². The van der Waals surface area contributed by atoms with Crippen LogP contribution in [0.2, 0.25) is 0 Å². The molecular formula is C29H26N8O3. The second kappa shape index (κ2) is 10.2. The number of aromatic nitrogens is 6. The van der Waals surface area contributed by atoms with Gasteiger partial charge in [-0.2, -0.15) is 5.26 Å². The van der Waals surface area contributed by atoms with Crippen molar-refractivity contribution < 1.29 is 9.53 Å². The van der Waals surface area contributed by atoms with Crippen LogP contribution in [0.15, 0.2) is 71.9 Å². The molecule has 1 aliphatic rings. The molecule has 0 unspecified atom stereocenters. The number of carbonyl (C=O) groups excluding carboxylic acids is 1. The van der Waals surface area contributed by atoms with E-state index in [4.69, 9.17) is 4.74 Å². The van der Waals surface area contributed by atoms with Gasteiger partial charge in [-0.15, -0.1) is 0 Å². The van der Waals surface area contributed by atoms with Gasteiger partial charge in [0.15, 0.2) is 5.65 Å². The van der Waals surface area contributed by atoms with Crippen LogP contribution in [0.25, 0.3) is 28.1 Å². The van der Waals surface area contributed by atoms with Crippen molar-refractivity contribution >= 4 is 17.1 Å². The molecule has 200 valence electrons. The summed E-state index contributed by atoms with van der Waals surface area (Å²) in [5, 5.41) is 9.23. The third kappa shape index (κ3) is 4.34. The smallest absolute Gasteiger partial charge is 0.337 e. The standard InChI is InChI=1S/C29H26N8O3/c1-34-23(14-30)16-33-26(34)18-35-13-11-22(17-35)37-27-25(4-3-12-31-27)36(29(37)39)21-9-10-24(32-15-21)19-5-7-20(8-6-19)28(38)40-2/h3-10,12,15-16,22H,11,13,17-18H2,1-2H3/t22-/m0/s1. The topological polar surface area (TPSA) is 124 Å². The first-order chi connectivity index (χ1) is 19.5. The molecule has 5 heterocycles. The summed E-state index contributed by atoms with van der Waals surface area (Å²) in [6.07, 6.45) is 5.76. The molecule has 0 bridgehead atoms. The Kier molecular flexibility index (Phi) is 6.45. The maximum atomic E-state index is 13.9. The zero-order chi connectivity index (χ0) is 27.8. The van der Waals surface area contributed by atoms with Gasteiger partial charge in [-0.05, 0) is 42.8 Å². The predicted molar refractivity (Wildman–Crippen MR) is 147 cm³/mol. The highest BCUT2D eigenvalue weighted by Crippen LogP contribution is 2.27. The first-order valence-corrected chi connectivity index (χ1v) is 12.8. The van der Waals surface area contributed by atoms with Crippen LogP contribution in [0, 0.1) is 11.3 Å². The first-order valence-electron chi connectivity index (χ1n) is 12.8. The lowest BCUT2D eigenvalue weighted by Gasteiger charge is -2.16. The molecule has 5 aromatic rings. The fourth-order valence-corrected chi connectivity index (χ4v) is 5.28. The van der Waals surface area contributed by atoms with Crippen LogP contribution < -0.4 is 5.69 Å². The molecule has 0 amide bonds. The number of fused-ring (bicyclic) bond motifs is 1. The van der Waals surface area contributed by atoms with Gasteiger partial charge in [-0.25, -0.2) is 19.6 Å². The number of nitrogens with zero attached hydrogens (tertiary/aromatic N) is 8. The highest BCUT2D eigenvalue weighted by atomic mass is 16.5. The van der Waals surface area contributed by atoms with E-state index in [2.05, 4.69) is 25.9 Å². The Morgan fingerprint density at radius 1 is 1.10 bits per heavy atom. The summed E-state index contributed by atoms with van der Waals surface area (Å²) in [4.78, 5) is 41.4. The van der Waals surface area contributed by atoms with E-state index in [1.807, 2.05) is 43.4 Å². The maximum Gasteiger partial charge on any atom is 0.337 e. The lowest BCUT2D eigenvalue weighted by Crippen LogP contribution is -2.29. The summed E-state index contributed by atoms with van der Waals surface area (Å²) < 4.78 is 10.0. The molecule has 1 aromatic carbocycles. The number of benzene rings is 1. The van der Waals surface area contributed by atoms with Crippen LogP contribution in [-0.4, -0.2) is 59.7 Å². The Balaban J connectivity index is 1.29. The van der Waals surface area contributed by atoms with Crippen molar-refractivity contribution in [1.82, 2.24) is 33.6 Å². The number of imidazole rings is 2. The number of hydrogen-bond donors (Lipinski definition) is 0. The van der Waals surface area contributed by atoms with Crippen LogP contribution in [0.4, 0.5) is 0 Å². The third-order valence-electron chi connectivity index (χ3n) is 7.42. The number of ether oxygens (including phenoxy) is 1. The molecule has 0 N–H and O–H groups in total. The number of esters is 1. The molecule has 6 rings (SSSR count). The average molecular weight is 535 g/mol. The van der Waals surface area contributed by atoms with Gasteiger partial charge in [0.05, 0.1) is 54.6 Å². The Morgan fingerprint density at radius 3 is 2.62 bits per heavy atom. The lowest BCUT2D eigenvalue weighted by atomic mass is 10.1. The minimum absolute atomic E-state index is 0.0533. The van der Waals surface area contributed by atoms with Gasteiger partial charge in [-0.1, -0.05) is 12.1 Å². The Morgan fingerprint density at radius 2 is 1.93 bits per heavy atom. The molecule has 0 aliphatic carbocycles. The summed E-state index contributed by atoms with van der Waals surface area (Å²) in [5.41, 5.74) is 4.37. The molecule has 11 heteroatoms. The summed E-state index contributed by atoms with van der Waals surface area (Å²) in [6, 6.07) is 16.5. The predicted octanol–water partition coefficient (Wildman–Crippen LogP) is 3.09. The van der Waals surface area contributed by atoms with E-state index in [0.29, 0.717) is 41.2 Å². The van der Waals surface area contributed by atoms with Gasteiger partial charge < -0.3 is 9.30 Å². The van der Waals surface area contributed by atoms with Crippen molar-refractivity contribution in [2.45, 2.75) is 19.0 Å². The number of hydrogen-bond acceptors (Lipinski definition) is 8. The summed E-state index contributed by atoms with van der Waals surface area (Å²) in [5.74, 6) is 0.422. The largest absolute Gasteiger partial charge is 0.465 e. The monoisotopic (exact) mass is 534 g/mol. The summed E-state index contributed by atoms with van der Waals surface area (Å²) >= 11 is 0. The number of nitriles is 1. The minimum Gasteiger partial charge on any atom is -0.465 e. The average Bonchev–Trinajstić information content (AvgIpc) is 3.68. The van der Waals surface area contributed by atoms with E-state index < -0.39 is 5.97 Å². The SMILES string of the molecule is COC(=O)c1ccc(-c2ccc(-n3c(=O)n([C@H]4CCN(Cc5ncc(C#N)n5C)C4)c4ncccc43)cn2)cc1. The maximum absolute atomic E-state index is 13.9. The van der Waals surface area contributed by atoms with E-state index in [0.717, 1.165) is 30.0 Å². The molecule has 1 fully saturated rings. The Bertz CT molecular complexity index is 1810. The van der Waals surface area contributed by atoms with E-state index >= 15 is 0 Å². The van der Waals surface area contributed by atoms with Crippen molar-refractivity contribution in [3.05, 3.63) is 94.7 Å². The van der Waals surface area contributed by atoms with Gasteiger partial charge in [0.25, 0.3) is 0 Å². The van der Waals surface area contributed by atoms with Crippen LogP contribution in [0.3, 0.4) is 0 Å². The van der Waals surface area contributed by atoms with E-state index in [-0.39, 0.29) is 11.7 Å². The van der Waals surface area contributed by atoms with Crippen molar-refractivity contribution in [2.75, 3.05) is 20.2 Å². The van der Waals surface area contributed by atoms with Crippen LogP contribution >= 0.6 is 0 Å². The Labute approximate surface area is 229 Å². The first kappa shape index (κ1) is 25.2. The lowest BCUT2D eigenvalue weighted by molar-refractivity contribution is 0.0600. The zero-order valence-electron chi connectivity index (χ0n) is 22.1. The van der Waals surface area contributed by atoms with Gasteiger partial charge in [-0.3, -0.25) is 19.0 Å². The van der Waals surface area contributed by atoms with Crippen molar-refractivity contribution in [3.8, 4) is 23.0 Å². The second-order valence-electron chi connectivity index (χ2n) is 9.71.